The van der Waals surface area contributed by atoms with Crippen molar-refractivity contribution in [2.45, 2.75) is 0 Å². The molecule has 1 N–H and O–H groups in total. The summed E-state index contributed by atoms with van der Waals surface area (Å²) in [4.78, 5) is 2.04. The summed E-state index contributed by atoms with van der Waals surface area (Å²) in [5.41, 5.74) is 7.45. The average Bonchev–Trinajstić information content (AvgIpc) is 1.30. The summed E-state index contributed by atoms with van der Waals surface area (Å²) in [5.74, 6) is 0. The zero-order valence-corrected chi connectivity index (χ0v) is 3.96. The molecule has 40 valence electrons. The number of hydrogen-bond acceptors (Lipinski definition) is 2. The predicted octanol–water partition coefficient (Wildman–Crippen LogP) is -0.868. The van der Waals surface area contributed by atoms with E-state index in [2.05, 4.69) is 0 Å². The van der Waals surface area contributed by atoms with Crippen LogP contribution in [0.2, 0.25) is 0 Å². The third-order valence-corrected chi connectivity index (χ3v) is 0.541. The minimum Gasteiger partial charge on any atom is -0.361 e. The van der Waals surface area contributed by atoms with Gasteiger partial charge in [0.25, 0.3) is 0 Å². The SMILES string of the molecule is [N-]=[N+]=CS(=O)(=O)O. The first-order valence-corrected chi connectivity index (χ1v) is 2.71. The van der Waals surface area contributed by atoms with Gasteiger partial charge in [-0.2, -0.15) is 13.2 Å². The number of rotatable bonds is 1. The van der Waals surface area contributed by atoms with Gasteiger partial charge < -0.3 is 5.53 Å². The summed E-state index contributed by atoms with van der Waals surface area (Å²) in [6.45, 7) is 0. The van der Waals surface area contributed by atoms with Crippen LogP contribution in [0, 0.1) is 0 Å². The average molecular weight is 122 g/mol. The Balaban J connectivity index is 4.44. The van der Waals surface area contributed by atoms with E-state index in [-0.39, 0.29) is 5.55 Å². The molecule has 0 fully saturated rings. The molecular formula is CH2N2O3S. The van der Waals surface area contributed by atoms with Crippen molar-refractivity contribution >= 4 is 15.7 Å². The van der Waals surface area contributed by atoms with E-state index in [1.807, 2.05) is 4.79 Å². The zero-order chi connectivity index (χ0) is 5.91. The van der Waals surface area contributed by atoms with E-state index in [9.17, 15) is 8.42 Å². The third-order valence-electron chi connectivity index (χ3n) is 0.180. The van der Waals surface area contributed by atoms with Crippen LogP contribution >= 0.6 is 0 Å². The standard InChI is InChI=1S/CH2N2O3S/c2-3-1-7(4,5)6/h1H,(H,4,5,6). The Labute approximate surface area is 40.0 Å². The Kier molecular flexibility index (Phi) is 1.65. The van der Waals surface area contributed by atoms with Crippen LogP contribution in [0.3, 0.4) is 0 Å². The first-order chi connectivity index (χ1) is 3.06. The highest BCUT2D eigenvalue weighted by Crippen LogP contribution is 1.64. The molecule has 0 aromatic heterocycles. The van der Waals surface area contributed by atoms with Gasteiger partial charge in [-0.05, 0) is 0 Å². The van der Waals surface area contributed by atoms with Gasteiger partial charge >= 0.3 is 15.7 Å². The summed E-state index contributed by atoms with van der Waals surface area (Å²) in [5, 5.41) is 0. The fraction of sp³-hybridized carbons (Fsp3) is 0. The fourth-order valence-corrected chi connectivity index (χ4v) is 0.179. The molecule has 0 saturated carbocycles. The molecule has 0 atom stereocenters. The quantitative estimate of drug-likeness (QED) is 0.161. The Bertz CT molecular complexity index is 185. The lowest BCUT2D eigenvalue weighted by Gasteiger charge is -1.66. The molecule has 5 nitrogen and oxygen atoms in total. The molecule has 0 amide bonds. The molecule has 0 aliphatic rings. The lowest BCUT2D eigenvalue weighted by atomic mass is 11.7. The van der Waals surface area contributed by atoms with Gasteiger partial charge in [-0.25, -0.2) is 0 Å². The van der Waals surface area contributed by atoms with Crippen molar-refractivity contribution in [2.24, 2.45) is 0 Å². The first kappa shape index (κ1) is 6.29. The molecule has 0 aliphatic carbocycles. The summed E-state index contributed by atoms with van der Waals surface area (Å²) >= 11 is 0. The maximum Gasteiger partial charge on any atom is 0.396 e. The van der Waals surface area contributed by atoms with E-state index in [4.69, 9.17) is 10.1 Å². The van der Waals surface area contributed by atoms with Gasteiger partial charge in [0.15, 0.2) is 0 Å². The van der Waals surface area contributed by atoms with Gasteiger partial charge in [0.2, 0.25) is 0 Å². The maximum absolute atomic E-state index is 9.48. The van der Waals surface area contributed by atoms with E-state index in [0.29, 0.717) is 0 Å². The highest BCUT2D eigenvalue weighted by Gasteiger charge is 2.00. The molecule has 0 aliphatic heterocycles. The van der Waals surface area contributed by atoms with Crippen LogP contribution in [0.5, 0.6) is 0 Å². The molecule has 0 bridgehead atoms. The predicted molar refractivity (Wildman–Crippen MR) is 21.2 cm³/mol. The van der Waals surface area contributed by atoms with Crippen LogP contribution in [-0.4, -0.2) is 23.3 Å². The molecular weight excluding hydrogens is 120 g/mol. The molecule has 0 rings (SSSR count). The normalized spacial score (nSPS) is 9.86. The van der Waals surface area contributed by atoms with Crippen LogP contribution in [-0.2, 0) is 10.1 Å². The monoisotopic (exact) mass is 122 g/mol. The Hall–Kier alpha value is -0.710. The van der Waals surface area contributed by atoms with Gasteiger partial charge in [0.1, 0.15) is 0 Å². The van der Waals surface area contributed by atoms with E-state index in [1.165, 1.54) is 0 Å². The summed E-state index contributed by atoms with van der Waals surface area (Å²) in [6, 6.07) is 0. The van der Waals surface area contributed by atoms with Gasteiger partial charge in [-0.3, -0.25) is 4.55 Å². The second kappa shape index (κ2) is 1.83. The molecule has 0 unspecified atom stereocenters. The van der Waals surface area contributed by atoms with E-state index in [0.717, 1.165) is 0 Å². The summed E-state index contributed by atoms with van der Waals surface area (Å²) in [7, 11) is -4.22. The largest absolute Gasteiger partial charge is 0.396 e. The van der Waals surface area contributed by atoms with Gasteiger partial charge in [0.05, 0.1) is 0 Å². The van der Waals surface area contributed by atoms with Crippen LogP contribution in [0.15, 0.2) is 0 Å². The Morgan fingerprint density at radius 2 is 2.14 bits per heavy atom. The van der Waals surface area contributed by atoms with Crippen molar-refractivity contribution < 1.29 is 17.8 Å². The Morgan fingerprint density at radius 3 is 2.14 bits per heavy atom. The summed E-state index contributed by atoms with van der Waals surface area (Å²) in [6.07, 6.45) is 0. The number of hydrogen-bond donors (Lipinski definition) is 1. The van der Waals surface area contributed by atoms with Crippen LogP contribution in [0.1, 0.15) is 0 Å². The molecule has 0 aromatic rings. The van der Waals surface area contributed by atoms with E-state index in [1.54, 1.807) is 0 Å². The van der Waals surface area contributed by atoms with Crippen molar-refractivity contribution in [3.8, 4) is 0 Å². The minimum absolute atomic E-state index is 0.0208. The molecule has 0 spiro atoms. The van der Waals surface area contributed by atoms with E-state index < -0.39 is 10.1 Å². The molecule has 0 aromatic carbocycles. The second-order valence-electron chi connectivity index (χ2n) is 0.736. The highest BCUT2D eigenvalue weighted by atomic mass is 32.2. The van der Waals surface area contributed by atoms with Crippen LogP contribution < -0.4 is 0 Å². The Morgan fingerprint density at radius 1 is 1.71 bits per heavy atom. The van der Waals surface area contributed by atoms with Crippen molar-refractivity contribution in [3.63, 3.8) is 0 Å². The molecule has 0 radical (unpaired) electrons. The van der Waals surface area contributed by atoms with Gasteiger partial charge in [-0.1, -0.05) is 0 Å². The van der Waals surface area contributed by atoms with Crippen LogP contribution in [0.25, 0.3) is 5.53 Å². The lowest BCUT2D eigenvalue weighted by molar-refractivity contribution is 0.00692. The van der Waals surface area contributed by atoms with Crippen molar-refractivity contribution in [1.82, 2.24) is 0 Å². The van der Waals surface area contributed by atoms with Crippen molar-refractivity contribution in [3.05, 3.63) is 5.53 Å². The minimum atomic E-state index is -4.22. The molecule has 7 heavy (non-hydrogen) atoms. The second-order valence-corrected chi connectivity index (χ2v) is 1.98. The zero-order valence-electron chi connectivity index (χ0n) is 3.14. The molecule has 6 heteroatoms. The smallest absolute Gasteiger partial charge is 0.361 e. The van der Waals surface area contributed by atoms with Gasteiger partial charge in [-0.15, -0.1) is 0 Å². The molecule has 0 heterocycles. The van der Waals surface area contributed by atoms with Crippen molar-refractivity contribution in [1.29, 1.82) is 0 Å². The maximum atomic E-state index is 9.48. The summed E-state index contributed by atoms with van der Waals surface area (Å²) < 4.78 is 26.6. The highest BCUT2D eigenvalue weighted by molar-refractivity contribution is 7.99. The van der Waals surface area contributed by atoms with E-state index >= 15 is 0 Å². The fourth-order valence-electron chi connectivity index (χ4n) is 0.0596. The lowest BCUT2D eigenvalue weighted by Crippen LogP contribution is -1.96. The first-order valence-electron chi connectivity index (χ1n) is 1.21. The van der Waals surface area contributed by atoms with Gasteiger partial charge in [0, 0.05) is 0 Å². The topological polar surface area (TPSA) is 90.8 Å². The third kappa shape index (κ3) is 5.29. The van der Waals surface area contributed by atoms with Crippen LogP contribution in [0.4, 0.5) is 0 Å². The molecule has 0 saturated heterocycles. The van der Waals surface area contributed by atoms with Crippen molar-refractivity contribution in [2.75, 3.05) is 0 Å². The number of nitrogens with zero attached hydrogens (tertiary/aromatic N) is 2.